The van der Waals surface area contributed by atoms with Crippen molar-refractivity contribution in [3.05, 3.63) is 114 Å². The molecule has 0 aliphatic carbocycles. The molecule has 0 saturated carbocycles. The van der Waals surface area contributed by atoms with E-state index in [0.717, 1.165) is 36.3 Å². The molecular weight excluding hydrogens is 382 g/mol. The Morgan fingerprint density at radius 2 is 1.52 bits per heavy atom. The normalized spacial score (nSPS) is 13.9. The van der Waals surface area contributed by atoms with Crippen LogP contribution >= 0.6 is 0 Å². The van der Waals surface area contributed by atoms with Gasteiger partial charge in [0.1, 0.15) is 25.0 Å². The minimum absolute atomic E-state index is 0.432. The average Bonchev–Trinajstić information content (AvgIpc) is 2.82. The van der Waals surface area contributed by atoms with E-state index in [1.54, 1.807) is 0 Å². The van der Waals surface area contributed by atoms with Gasteiger partial charge in [0.15, 0.2) is 0 Å². The van der Waals surface area contributed by atoms with Gasteiger partial charge in [0, 0.05) is 6.42 Å². The van der Waals surface area contributed by atoms with E-state index >= 15 is 0 Å². The molecule has 0 aromatic heterocycles. The average molecular weight is 417 g/mol. The van der Waals surface area contributed by atoms with Gasteiger partial charge in [0.2, 0.25) is 0 Å². The van der Waals surface area contributed by atoms with Gasteiger partial charge in [-0.1, -0.05) is 79.4 Å². The van der Waals surface area contributed by atoms with Crippen molar-refractivity contribution in [2.45, 2.75) is 38.5 Å². The fourth-order valence-corrected chi connectivity index (χ4v) is 3.80. The van der Waals surface area contributed by atoms with Gasteiger partial charge in [-0.25, -0.2) is 0 Å². The summed E-state index contributed by atoms with van der Waals surface area (Å²) in [7, 11) is 0. The largest absolute Gasteiger partial charge is 0.489 e. The molecular formula is C28H34NO2+. The highest BCUT2D eigenvalue weighted by Crippen LogP contribution is 2.18. The highest BCUT2D eigenvalue weighted by molar-refractivity contribution is 5.29. The van der Waals surface area contributed by atoms with E-state index < -0.39 is 6.10 Å². The van der Waals surface area contributed by atoms with Crippen molar-refractivity contribution in [3.8, 4) is 5.75 Å². The van der Waals surface area contributed by atoms with Gasteiger partial charge >= 0.3 is 0 Å². The zero-order chi connectivity index (χ0) is 21.9. The molecule has 0 heterocycles. The maximum absolute atomic E-state index is 10.9. The number of hydrogen-bond donors (Lipinski definition) is 2. The lowest BCUT2D eigenvalue weighted by Gasteiger charge is -2.27. The molecule has 3 aromatic carbocycles. The number of aryl methyl sites for hydroxylation is 1. The first kappa shape index (κ1) is 22.8. The molecule has 3 aromatic rings. The summed E-state index contributed by atoms with van der Waals surface area (Å²) in [5, 5.41) is 10.9. The monoisotopic (exact) mass is 416 g/mol. The predicted octanol–water partition coefficient (Wildman–Crippen LogP) is 4.39. The van der Waals surface area contributed by atoms with Crippen LogP contribution in [0.1, 0.15) is 36.1 Å². The first-order valence-corrected chi connectivity index (χ1v) is 11.1. The summed E-state index contributed by atoms with van der Waals surface area (Å²) in [5.74, 6) is 0.811. The number of rotatable bonds is 12. The van der Waals surface area contributed by atoms with Crippen molar-refractivity contribution in [1.29, 1.82) is 0 Å². The summed E-state index contributed by atoms with van der Waals surface area (Å²) in [6, 6.07) is 28.9. The third-order valence-corrected chi connectivity index (χ3v) is 5.78. The Bertz CT molecular complexity index is 893. The van der Waals surface area contributed by atoms with Crippen LogP contribution in [-0.4, -0.2) is 24.2 Å². The number of nitrogens with one attached hydrogen (secondary N) is 1. The molecule has 0 spiro atoms. The van der Waals surface area contributed by atoms with E-state index in [0.29, 0.717) is 19.2 Å². The Hall–Kier alpha value is -2.88. The second kappa shape index (κ2) is 12.1. The number of hydrogen-bond acceptors (Lipinski definition) is 2. The molecule has 0 aliphatic heterocycles. The molecule has 162 valence electrons. The fraction of sp³-hybridized carbons (Fsp3) is 0.286. The second-order valence-corrected chi connectivity index (χ2v) is 8.14. The van der Waals surface area contributed by atoms with Gasteiger partial charge in [0.05, 0.1) is 12.6 Å². The number of quaternary nitrogens is 1. The predicted molar refractivity (Wildman–Crippen MR) is 127 cm³/mol. The minimum atomic E-state index is -0.516. The summed E-state index contributed by atoms with van der Waals surface area (Å²) in [6.07, 6.45) is 3.55. The minimum Gasteiger partial charge on any atom is -0.489 e. The first-order valence-electron chi connectivity index (χ1n) is 11.1. The van der Waals surface area contributed by atoms with Crippen molar-refractivity contribution >= 4 is 0 Å². The van der Waals surface area contributed by atoms with E-state index in [1.807, 2.05) is 60.7 Å². The van der Waals surface area contributed by atoms with Crippen LogP contribution in [-0.2, 0) is 13.0 Å². The van der Waals surface area contributed by atoms with Gasteiger partial charge in [-0.3, -0.25) is 0 Å². The standard InChI is InChI=1S/C28H33NO2/c1-3-20-29(23(2)14-15-24-10-6-4-7-11-24)21-28(30)26-16-18-27(19-17-26)31-22-25-12-8-5-9-13-25/h3-13,16-19,23,28,30H,1,14-15,20-22H2,2H3/p+1/t23-,28-/m0/s1. The van der Waals surface area contributed by atoms with Crippen LogP contribution in [0, 0.1) is 0 Å². The van der Waals surface area contributed by atoms with E-state index in [9.17, 15) is 5.11 Å². The first-order chi connectivity index (χ1) is 15.2. The molecule has 31 heavy (non-hydrogen) atoms. The molecule has 3 heteroatoms. The molecule has 2 N–H and O–H groups in total. The lowest BCUT2D eigenvalue weighted by atomic mass is 10.0. The summed E-state index contributed by atoms with van der Waals surface area (Å²) in [5.41, 5.74) is 3.42. The third-order valence-electron chi connectivity index (χ3n) is 5.78. The summed E-state index contributed by atoms with van der Waals surface area (Å²) >= 11 is 0. The Labute approximate surface area is 186 Å². The molecule has 1 unspecified atom stereocenters. The third kappa shape index (κ3) is 7.39. The Morgan fingerprint density at radius 3 is 2.13 bits per heavy atom. The molecule has 3 atom stereocenters. The van der Waals surface area contributed by atoms with Crippen LogP contribution in [0.15, 0.2) is 97.6 Å². The van der Waals surface area contributed by atoms with Crippen LogP contribution < -0.4 is 9.64 Å². The van der Waals surface area contributed by atoms with Crippen molar-refractivity contribution in [2.75, 3.05) is 13.1 Å². The highest BCUT2D eigenvalue weighted by atomic mass is 16.5. The number of aliphatic hydroxyl groups excluding tert-OH is 1. The van der Waals surface area contributed by atoms with E-state index in [2.05, 4.69) is 43.8 Å². The van der Waals surface area contributed by atoms with Gasteiger partial charge < -0.3 is 14.7 Å². The summed E-state index contributed by atoms with van der Waals surface area (Å²) in [6.45, 7) is 8.22. The van der Waals surface area contributed by atoms with E-state index in [1.165, 1.54) is 10.5 Å². The van der Waals surface area contributed by atoms with Gasteiger partial charge in [-0.2, -0.15) is 0 Å². The SMILES string of the molecule is C=CC[NH+](C[C@H](O)c1ccc(OCc2ccccc2)cc1)[C@@H](C)CCc1ccccc1. The van der Waals surface area contributed by atoms with Crippen molar-refractivity contribution < 1.29 is 14.7 Å². The lowest BCUT2D eigenvalue weighted by molar-refractivity contribution is -0.921. The van der Waals surface area contributed by atoms with Crippen LogP contribution in [0.5, 0.6) is 5.75 Å². The number of ether oxygens (including phenoxy) is 1. The smallest absolute Gasteiger partial charge is 0.128 e. The molecule has 0 fully saturated rings. The number of benzene rings is 3. The van der Waals surface area contributed by atoms with E-state index in [-0.39, 0.29) is 0 Å². The van der Waals surface area contributed by atoms with Gasteiger partial charge in [0.25, 0.3) is 0 Å². The molecule has 0 saturated heterocycles. The Balaban J connectivity index is 1.53. The van der Waals surface area contributed by atoms with Crippen LogP contribution in [0.4, 0.5) is 0 Å². The van der Waals surface area contributed by atoms with Crippen molar-refractivity contribution in [2.24, 2.45) is 0 Å². The van der Waals surface area contributed by atoms with Gasteiger partial charge in [-0.15, -0.1) is 0 Å². The Morgan fingerprint density at radius 1 is 0.903 bits per heavy atom. The quantitative estimate of drug-likeness (QED) is 0.429. The maximum Gasteiger partial charge on any atom is 0.128 e. The molecule has 0 aliphatic rings. The number of aliphatic hydroxyl groups is 1. The fourth-order valence-electron chi connectivity index (χ4n) is 3.80. The summed E-state index contributed by atoms with van der Waals surface area (Å²) < 4.78 is 5.86. The maximum atomic E-state index is 10.9. The lowest BCUT2D eigenvalue weighted by Crippen LogP contribution is -3.15. The highest BCUT2D eigenvalue weighted by Gasteiger charge is 2.21. The van der Waals surface area contributed by atoms with Crippen LogP contribution in [0.25, 0.3) is 0 Å². The molecule has 3 nitrogen and oxygen atoms in total. The molecule has 0 amide bonds. The van der Waals surface area contributed by atoms with Crippen molar-refractivity contribution in [3.63, 3.8) is 0 Å². The zero-order valence-electron chi connectivity index (χ0n) is 18.4. The van der Waals surface area contributed by atoms with Crippen molar-refractivity contribution in [1.82, 2.24) is 0 Å². The molecule has 0 radical (unpaired) electrons. The summed E-state index contributed by atoms with van der Waals surface area (Å²) in [4.78, 5) is 1.35. The second-order valence-electron chi connectivity index (χ2n) is 8.14. The van der Waals surface area contributed by atoms with Crippen LogP contribution in [0.2, 0.25) is 0 Å². The Kier molecular flexibility index (Phi) is 8.89. The van der Waals surface area contributed by atoms with E-state index in [4.69, 9.17) is 4.74 Å². The molecule has 0 bridgehead atoms. The van der Waals surface area contributed by atoms with Crippen LogP contribution in [0.3, 0.4) is 0 Å². The zero-order valence-corrected chi connectivity index (χ0v) is 18.4. The van der Waals surface area contributed by atoms with Gasteiger partial charge in [-0.05, 0) is 48.2 Å². The topological polar surface area (TPSA) is 33.9 Å². The molecule has 3 rings (SSSR count).